The molecule has 0 heterocycles. The molecule has 2 rings (SSSR count). The molecule has 2 saturated carbocycles. The van der Waals surface area contributed by atoms with Gasteiger partial charge in [0.25, 0.3) is 0 Å². The van der Waals surface area contributed by atoms with Gasteiger partial charge in [0.2, 0.25) is 0 Å². The predicted molar refractivity (Wildman–Crippen MR) is 93.6 cm³/mol. The third kappa shape index (κ3) is 4.98. The number of nitrogens with one attached hydrogen (secondary N) is 1. The van der Waals surface area contributed by atoms with Gasteiger partial charge in [0.05, 0.1) is 0 Å². The van der Waals surface area contributed by atoms with E-state index in [-0.39, 0.29) is 0 Å². The zero-order chi connectivity index (χ0) is 15.1. The van der Waals surface area contributed by atoms with Crippen LogP contribution in [0.1, 0.15) is 91.4 Å². The molecule has 21 heavy (non-hydrogen) atoms. The summed E-state index contributed by atoms with van der Waals surface area (Å²) in [5, 5.41) is 3.99. The smallest absolute Gasteiger partial charge is 0.0124 e. The molecule has 0 aromatic rings. The Morgan fingerprint density at radius 1 is 0.810 bits per heavy atom. The van der Waals surface area contributed by atoms with Gasteiger partial charge in [0.1, 0.15) is 0 Å². The van der Waals surface area contributed by atoms with Crippen LogP contribution in [0.25, 0.3) is 0 Å². The van der Waals surface area contributed by atoms with Crippen LogP contribution in [-0.2, 0) is 0 Å². The van der Waals surface area contributed by atoms with Gasteiger partial charge in [-0.1, -0.05) is 59.3 Å². The average Bonchev–Trinajstić information content (AvgIpc) is 2.56. The highest BCUT2D eigenvalue weighted by atomic mass is 14.9. The Kier molecular flexibility index (Phi) is 7.57. The molecular formula is C20H39N. The van der Waals surface area contributed by atoms with E-state index in [1.165, 1.54) is 77.2 Å². The summed E-state index contributed by atoms with van der Waals surface area (Å²) in [7, 11) is 0. The molecule has 2 fully saturated rings. The Morgan fingerprint density at radius 2 is 1.52 bits per heavy atom. The lowest BCUT2D eigenvalue weighted by molar-refractivity contribution is 0.131. The summed E-state index contributed by atoms with van der Waals surface area (Å²) in [5.74, 6) is 3.99. The van der Waals surface area contributed by atoms with Gasteiger partial charge in [-0.15, -0.1) is 0 Å². The molecule has 1 nitrogen and oxygen atoms in total. The predicted octanol–water partition coefficient (Wildman–Crippen LogP) is 5.79. The third-order valence-corrected chi connectivity index (χ3v) is 6.52. The highest BCUT2D eigenvalue weighted by molar-refractivity contribution is 4.89. The van der Waals surface area contributed by atoms with Gasteiger partial charge in [0, 0.05) is 6.04 Å². The fraction of sp³-hybridized carbons (Fsp3) is 1.00. The van der Waals surface area contributed by atoms with E-state index in [4.69, 9.17) is 0 Å². The molecule has 124 valence electrons. The number of hydrogen-bond donors (Lipinski definition) is 1. The maximum atomic E-state index is 3.99. The van der Waals surface area contributed by atoms with E-state index < -0.39 is 0 Å². The molecule has 1 heteroatoms. The van der Waals surface area contributed by atoms with E-state index in [0.717, 1.165) is 29.7 Å². The molecule has 0 amide bonds. The SMILES string of the molecule is CCCNC(C1CCC(CC)CC1)C1CCCC(CC)C1. The molecule has 0 saturated heterocycles. The average molecular weight is 294 g/mol. The molecule has 0 radical (unpaired) electrons. The van der Waals surface area contributed by atoms with E-state index in [2.05, 4.69) is 26.1 Å². The molecule has 3 unspecified atom stereocenters. The van der Waals surface area contributed by atoms with Crippen molar-refractivity contribution in [3.05, 3.63) is 0 Å². The topological polar surface area (TPSA) is 12.0 Å². The summed E-state index contributed by atoms with van der Waals surface area (Å²) in [4.78, 5) is 0. The second-order valence-corrected chi connectivity index (χ2v) is 7.87. The van der Waals surface area contributed by atoms with Crippen LogP contribution >= 0.6 is 0 Å². The molecule has 2 aliphatic rings. The largest absolute Gasteiger partial charge is 0.313 e. The van der Waals surface area contributed by atoms with Crippen LogP contribution in [0.15, 0.2) is 0 Å². The molecular weight excluding hydrogens is 254 g/mol. The maximum absolute atomic E-state index is 3.99. The van der Waals surface area contributed by atoms with E-state index in [1.807, 2.05) is 0 Å². The van der Waals surface area contributed by atoms with Crippen LogP contribution in [-0.4, -0.2) is 12.6 Å². The summed E-state index contributed by atoms with van der Waals surface area (Å²) >= 11 is 0. The lowest BCUT2D eigenvalue weighted by Crippen LogP contribution is -2.45. The van der Waals surface area contributed by atoms with Crippen molar-refractivity contribution in [3.63, 3.8) is 0 Å². The normalized spacial score (nSPS) is 35.6. The van der Waals surface area contributed by atoms with Gasteiger partial charge in [0.15, 0.2) is 0 Å². The van der Waals surface area contributed by atoms with Crippen molar-refractivity contribution in [2.45, 2.75) is 97.4 Å². The molecule has 0 aliphatic heterocycles. The second-order valence-electron chi connectivity index (χ2n) is 7.87. The monoisotopic (exact) mass is 293 g/mol. The molecule has 0 aromatic heterocycles. The van der Waals surface area contributed by atoms with E-state index in [0.29, 0.717) is 0 Å². The second kappa shape index (κ2) is 9.18. The summed E-state index contributed by atoms with van der Waals surface area (Å²) in [6.07, 6.45) is 16.0. The van der Waals surface area contributed by atoms with Gasteiger partial charge < -0.3 is 5.32 Å². The Bertz CT molecular complexity index is 267. The molecule has 0 spiro atoms. The van der Waals surface area contributed by atoms with Crippen molar-refractivity contribution in [2.75, 3.05) is 6.54 Å². The first-order valence-electron chi connectivity index (χ1n) is 10.0. The van der Waals surface area contributed by atoms with Crippen LogP contribution in [0.3, 0.4) is 0 Å². The van der Waals surface area contributed by atoms with E-state index in [1.54, 1.807) is 0 Å². The summed E-state index contributed by atoms with van der Waals surface area (Å²) in [6.45, 7) is 8.32. The maximum Gasteiger partial charge on any atom is 0.0124 e. The molecule has 0 aromatic carbocycles. The fourth-order valence-corrected chi connectivity index (χ4v) is 5.01. The van der Waals surface area contributed by atoms with Crippen LogP contribution in [0.2, 0.25) is 0 Å². The highest BCUT2D eigenvalue weighted by Crippen LogP contribution is 2.40. The van der Waals surface area contributed by atoms with E-state index >= 15 is 0 Å². The number of rotatable bonds is 7. The zero-order valence-electron chi connectivity index (χ0n) is 14.9. The first-order chi connectivity index (χ1) is 10.3. The molecule has 0 bridgehead atoms. The van der Waals surface area contributed by atoms with Gasteiger partial charge in [-0.2, -0.15) is 0 Å². The van der Waals surface area contributed by atoms with Crippen molar-refractivity contribution in [3.8, 4) is 0 Å². The lowest BCUT2D eigenvalue weighted by atomic mass is 9.69. The molecule has 3 atom stereocenters. The zero-order valence-corrected chi connectivity index (χ0v) is 14.9. The van der Waals surface area contributed by atoms with Crippen LogP contribution in [0.4, 0.5) is 0 Å². The Balaban J connectivity index is 1.93. The molecule has 1 N–H and O–H groups in total. The van der Waals surface area contributed by atoms with Crippen LogP contribution < -0.4 is 5.32 Å². The van der Waals surface area contributed by atoms with Crippen LogP contribution in [0, 0.1) is 23.7 Å². The quantitative estimate of drug-likeness (QED) is 0.626. The van der Waals surface area contributed by atoms with Crippen molar-refractivity contribution in [1.82, 2.24) is 5.32 Å². The van der Waals surface area contributed by atoms with Gasteiger partial charge >= 0.3 is 0 Å². The standard InChI is InChI=1S/C20H39N/c1-4-14-21-20(18-12-10-16(5-2)11-13-18)19-9-7-8-17(6-3)15-19/h16-21H,4-15H2,1-3H3. The van der Waals surface area contributed by atoms with Crippen LogP contribution in [0.5, 0.6) is 0 Å². The third-order valence-electron chi connectivity index (χ3n) is 6.52. The number of hydrogen-bond acceptors (Lipinski definition) is 1. The van der Waals surface area contributed by atoms with Gasteiger partial charge in [-0.3, -0.25) is 0 Å². The van der Waals surface area contributed by atoms with E-state index in [9.17, 15) is 0 Å². The Morgan fingerprint density at radius 3 is 2.14 bits per heavy atom. The summed E-state index contributed by atoms with van der Waals surface area (Å²) < 4.78 is 0. The van der Waals surface area contributed by atoms with Crippen molar-refractivity contribution < 1.29 is 0 Å². The van der Waals surface area contributed by atoms with Crippen molar-refractivity contribution in [1.29, 1.82) is 0 Å². The molecule has 2 aliphatic carbocycles. The van der Waals surface area contributed by atoms with Crippen molar-refractivity contribution >= 4 is 0 Å². The highest BCUT2D eigenvalue weighted by Gasteiger charge is 2.34. The minimum atomic E-state index is 0.831. The lowest BCUT2D eigenvalue weighted by Gasteiger charge is -2.41. The minimum Gasteiger partial charge on any atom is -0.313 e. The fourth-order valence-electron chi connectivity index (χ4n) is 5.01. The minimum absolute atomic E-state index is 0.831. The Hall–Kier alpha value is -0.0400. The Labute approximate surface area is 133 Å². The van der Waals surface area contributed by atoms with Crippen molar-refractivity contribution in [2.24, 2.45) is 23.7 Å². The summed E-state index contributed by atoms with van der Waals surface area (Å²) in [5.41, 5.74) is 0. The summed E-state index contributed by atoms with van der Waals surface area (Å²) in [6, 6.07) is 0.831. The first-order valence-corrected chi connectivity index (χ1v) is 10.0. The first kappa shape index (κ1) is 17.3. The van der Waals surface area contributed by atoms with Gasteiger partial charge in [-0.25, -0.2) is 0 Å². The van der Waals surface area contributed by atoms with Gasteiger partial charge in [-0.05, 0) is 62.3 Å².